The highest BCUT2D eigenvalue weighted by Crippen LogP contribution is 2.31. The molecule has 200 valence electrons. The summed E-state index contributed by atoms with van der Waals surface area (Å²) in [6.07, 6.45) is 5.38. The number of primary amides is 1. The fraction of sp³-hybridized carbons (Fsp3) is 0.346. The van der Waals surface area contributed by atoms with Crippen LogP contribution in [0.2, 0.25) is 5.02 Å². The van der Waals surface area contributed by atoms with E-state index in [4.69, 9.17) is 22.1 Å². The first-order chi connectivity index (χ1) is 18.2. The summed E-state index contributed by atoms with van der Waals surface area (Å²) < 4.78 is 35.3. The van der Waals surface area contributed by atoms with Crippen LogP contribution in [0.5, 0.6) is 5.75 Å². The van der Waals surface area contributed by atoms with Gasteiger partial charge in [0, 0.05) is 36.8 Å². The van der Waals surface area contributed by atoms with Gasteiger partial charge in [-0.25, -0.2) is 8.42 Å². The molecular weight excluding hydrogens is 530 g/mol. The van der Waals surface area contributed by atoms with Crippen LogP contribution in [0.1, 0.15) is 36.0 Å². The highest BCUT2D eigenvalue weighted by atomic mass is 35.5. The number of benzene rings is 2. The Morgan fingerprint density at radius 3 is 2.34 bits per heavy atom. The van der Waals surface area contributed by atoms with E-state index in [1.54, 1.807) is 30.5 Å². The zero-order chi connectivity index (χ0) is 26.9. The Hall–Kier alpha value is -3.41. The fourth-order valence-corrected chi connectivity index (χ4v) is 6.45. The van der Waals surface area contributed by atoms with Gasteiger partial charge < -0.3 is 15.4 Å². The minimum Gasteiger partial charge on any atom is -0.483 e. The van der Waals surface area contributed by atoms with Crippen molar-refractivity contribution < 1.29 is 17.9 Å². The van der Waals surface area contributed by atoms with E-state index >= 15 is 0 Å². The topological polar surface area (TPSA) is 128 Å². The Balaban J connectivity index is 1.40. The SMILES string of the molecule is NC(=O)c1ccc(S(=O)(=O)N2CCN(c3cnn(-c4cccc(Cl)c4)c(=O)c3OC3CCCC3)CC2)cc1. The summed E-state index contributed by atoms with van der Waals surface area (Å²) >= 11 is 6.14. The third kappa shape index (κ3) is 5.27. The van der Waals surface area contributed by atoms with Crippen LogP contribution >= 0.6 is 11.6 Å². The number of hydrogen-bond donors (Lipinski definition) is 1. The van der Waals surface area contributed by atoms with Crippen LogP contribution in [0.4, 0.5) is 5.69 Å². The quantitative estimate of drug-likeness (QED) is 0.473. The smallest absolute Gasteiger partial charge is 0.316 e. The molecule has 0 bridgehead atoms. The first kappa shape index (κ1) is 26.2. The van der Waals surface area contributed by atoms with Crippen molar-refractivity contribution in [2.45, 2.75) is 36.7 Å². The molecule has 38 heavy (non-hydrogen) atoms. The summed E-state index contributed by atoms with van der Waals surface area (Å²) in [4.78, 5) is 26.9. The number of carbonyl (C=O) groups excluding carboxylic acids is 1. The van der Waals surface area contributed by atoms with Crippen LogP contribution in [0.25, 0.3) is 5.69 Å². The summed E-state index contributed by atoms with van der Waals surface area (Å²) in [5, 5.41) is 4.88. The molecule has 0 atom stereocenters. The van der Waals surface area contributed by atoms with Crippen molar-refractivity contribution in [3.05, 3.63) is 75.7 Å². The van der Waals surface area contributed by atoms with Crippen LogP contribution < -0.4 is 20.9 Å². The zero-order valence-electron chi connectivity index (χ0n) is 20.6. The summed E-state index contributed by atoms with van der Waals surface area (Å²) in [6, 6.07) is 12.5. The van der Waals surface area contributed by atoms with Crippen molar-refractivity contribution in [1.82, 2.24) is 14.1 Å². The minimum atomic E-state index is -3.76. The first-order valence-corrected chi connectivity index (χ1v) is 14.3. The second kappa shape index (κ2) is 10.8. The van der Waals surface area contributed by atoms with Crippen LogP contribution in [0.15, 0.2) is 64.4 Å². The molecule has 1 amide bonds. The molecular formula is C26H28ClN5O5S. The molecule has 1 aliphatic carbocycles. The highest BCUT2D eigenvalue weighted by molar-refractivity contribution is 7.89. The average Bonchev–Trinajstić information content (AvgIpc) is 3.43. The number of piperazine rings is 1. The Morgan fingerprint density at radius 2 is 1.71 bits per heavy atom. The summed E-state index contributed by atoms with van der Waals surface area (Å²) in [7, 11) is -3.76. The van der Waals surface area contributed by atoms with Crippen molar-refractivity contribution in [2.24, 2.45) is 5.73 Å². The number of ether oxygens (including phenoxy) is 1. The van der Waals surface area contributed by atoms with Gasteiger partial charge in [-0.1, -0.05) is 17.7 Å². The van der Waals surface area contributed by atoms with Gasteiger partial charge in [0.25, 0.3) is 0 Å². The minimum absolute atomic E-state index is 0.0540. The van der Waals surface area contributed by atoms with E-state index < -0.39 is 15.9 Å². The largest absolute Gasteiger partial charge is 0.483 e. The molecule has 1 saturated carbocycles. The molecule has 0 unspecified atom stereocenters. The molecule has 1 saturated heterocycles. The number of sulfonamides is 1. The molecule has 0 radical (unpaired) electrons. The number of halogens is 1. The monoisotopic (exact) mass is 557 g/mol. The molecule has 1 aliphatic heterocycles. The van der Waals surface area contributed by atoms with Crippen LogP contribution in [0, 0.1) is 0 Å². The van der Waals surface area contributed by atoms with Gasteiger partial charge in [-0.15, -0.1) is 0 Å². The molecule has 2 heterocycles. The lowest BCUT2D eigenvalue weighted by molar-refractivity contribution is 0.1000. The van der Waals surface area contributed by atoms with Crippen LogP contribution in [0.3, 0.4) is 0 Å². The molecule has 5 rings (SSSR count). The van der Waals surface area contributed by atoms with Gasteiger partial charge in [-0.2, -0.15) is 14.1 Å². The Morgan fingerprint density at radius 1 is 1.03 bits per heavy atom. The van der Waals surface area contributed by atoms with Gasteiger partial charge in [-0.05, 0) is 68.1 Å². The van der Waals surface area contributed by atoms with Gasteiger partial charge >= 0.3 is 5.56 Å². The van der Waals surface area contributed by atoms with Crippen molar-refractivity contribution >= 4 is 33.2 Å². The number of carbonyl (C=O) groups is 1. The van der Waals surface area contributed by atoms with Gasteiger partial charge in [0.2, 0.25) is 21.7 Å². The van der Waals surface area contributed by atoms with E-state index in [0.29, 0.717) is 29.5 Å². The van der Waals surface area contributed by atoms with Crippen LogP contribution in [-0.2, 0) is 10.0 Å². The predicted molar refractivity (Wildman–Crippen MR) is 144 cm³/mol. The standard InChI is InChI=1S/C26H28ClN5O5S/c27-19-4-3-5-20(16-19)32-26(34)24(37-21-6-1-2-7-21)23(17-29-32)30-12-14-31(15-13-30)38(35,36)22-10-8-18(9-11-22)25(28)33/h3-5,8-11,16-17,21H,1-2,6-7,12-15H2,(H2,28,33). The maximum Gasteiger partial charge on any atom is 0.316 e. The lowest BCUT2D eigenvalue weighted by Gasteiger charge is -2.36. The predicted octanol–water partition coefficient (Wildman–Crippen LogP) is 2.82. The lowest BCUT2D eigenvalue weighted by atomic mass is 10.2. The number of rotatable bonds is 7. The number of amides is 1. The summed E-state index contributed by atoms with van der Waals surface area (Å²) in [6.45, 7) is 1.12. The number of anilines is 1. The van der Waals surface area contributed by atoms with Gasteiger partial charge in [0.1, 0.15) is 5.69 Å². The van der Waals surface area contributed by atoms with Gasteiger partial charge in [0.15, 0.2) is 0 Å². The number of aromatic nitrogens is 2. The van der Waals surface area contributed by atoms with Crippen LogP contribution in [-0.4, -0.2) is 60.7 Å². The third-order valence-corrected chi connectivity index (χ3v) is 9.06. The summed E-state index contributed by atoms with van der Waals surface area (Å²) in [5.41, 5.74) is 6.19. The molecule has 2 fully saturated rings. The zero-order valence-corrected chi connectivity index (χ0v) is 22.2. The molecule has 12 heteroatoms. The fourth-order valence-electron chi connectivity index (χ4n) is 4.84. The Kier molecular flexibility index (Phi) is 7.42. The number of hydrogen-bond acceptors (Lipinski definition) is 7. The second-order valence-corrected chi connectivity index (χ2v) is 11.7. The molecule has 2 aliphatic rings. The molecule has 10 nitrogen and oxygen atoms in total. The molecule has 2 aromatic carbocycles. The molecule has 3 aromatic rings. The van der Waals surface area contributed by atoms with E-state index in [-0.39, 0.29) is 41.0 Å². The van der Waals surface area contributed by atoms with Gasteiger partial charge in [0.05, 0.1) is 22.9 Å². The van der Waals surface area contributed by atoms with E-state index in [1.165, 1.54) is 33.3 Å². The summed E-state index contributed by atoms with van der Waals surface area (Å²) in [5.74, 6) is -0.408. The van der Waals surface area contributed by atoms with E-state index in [2.05, 4.69) is 5.10 Å². The maximum atomic E-state index is 13.6. The van der Waals surface area contributed by atoms with E-state index in [9.17, 15) is 18.0 Å². The van der Waals surface area contributed by atoms with Crippen molar-refractivity contribution in [3.63, 3.8) is 0 Å². The highest BCUT2D eigenvalue weighted by Gasteiger charge is 2.31. The maximum absolute atomic E-state index is 13.6. The van der Waals surface area contributed by atoms with Gasteiger partial charge in [-0.3, -0.25) is 9.59 Å². The Bertz CT molecular complexity index is 1500. The third-order valence-electron chi connectivity index (χ3n) is 6.91. The Labute approximate surface area is 225 Å². The average molecular weight is 558 g/mol. The molecule has 1 aromatic heterocycles. The lowest BCUT2D eigenvalue weighted by Crippen LogP contribution is -2.49. The molecule has 2 N–H and O–H groups in total. The molecule has 0 spiro atoms. The van der Waals surface area contributed by atoms with Crippen molar-refractivity contribution in [1.29, 1.82) is 0 Å². The number of nitrogens with zero attached hydrogens (tertiary/aromatic N) is 4. The normalized spacial score (nSPS) is 17.0. The number of nitrogens with two attached hydrogens (primary N) is 1. The van der Waals surface area contributed by atoms with Crippen molar-refractivity contribution in [3.8, 4) is 11.4 Å². The van der Waals surface area contributed by atoms with E-state index in [0.717, 1.165) is 25.7 Å². The first-order valence-electron chi connectivity index (χ1n) is 12.4. The van der Waals surface area contributed by atoms with E-state index in [1.807, 2.05) is 4.90 Å². The van der Waals surface area contributed by atoms with Crippen molar-refractivity contribution in [2.75, 3.05) is 31.1 Å². The second-order valence-electron chi connectivity index (χ2n) is 9.36.